The van der Waals surface area contributed by atoms with Crippen LogP contribution < -0.4 is 15.0 Å². The van der Waals surface area contributed by atoms with Gasteiger partial charge in [0.25, 0.3) is 5.91 Å². The average molecular weight is 451 g/mol. The second-order valence-electron chi connectivity index (χ2n) is 7.37. The van der Waals surface area contributed by atoms with Gasteiger partial charge in [0.1, 0.15) is 11.6 Å². The molecule has 4 rings (SSSR count). The van der Waals surface area contributed by atoms with Gasteiger partial charge in [0.15, 0.2) is 6.10 Å². The van der Waals surface area contributed by atoms with Gasteiger partial charge in [-0.3, -0.25) is 9.59 Å². The smallest absolute Gasteiger partial charge is 0.268 e. The number of nitrogens with one attached hydrogen (secondary N) is 1. The third kappa shape index (κ3) is 4.98. The summed E-state index contributed by atoms with van der Waals surface area (Å²) in [7, 11) is 0. The summed E-state index contributed by atoms with van der Waals surface area (Å²) in [5, 5.41) is 3.40. The van der Waals surface area contributed by atoms with E-state index in [1.165, 1.54) is 18.2 Å². The van der Waals surface area contributed by atoms with Gasteiger partial charge in [0.2, 0.25) is 5.91 Å². The van der Waals surface area contributed by atoms with Crippen LogP contribution >= 0.6 is 11.6 Å². The summed E-state index contributed by atoms with van der Waals surface area (Å²) in [6.45, 7) is 2.05. The second kappa shape index (κ2) is 9.24. The molecule has 0 spiro atoms. The van der Waals surface area contributed by atoms with Crippen LogP contribution in [0.4, 0.5) is 15.8 Å². The van der Waals surface area contributed by atoms with Crippen molar-refractivity contribution in [3.05, 3.63) is 94.8 Å². The molecule has 0 radical (unpaired) electrons. The minimum atomic E-state index is -0.617. The maximum absolute atomic E-state index is 13.0. The Morgan fingerprint density at radius 3 is 2.56 bits per heavy atom. The third-order valence-corrected chi connectivity index (χ3v) is 5.24. The molecule has 1 atom stereocenters. The van der Waals surface area contributed by atoms with Gasteiger partial charge in [-0.25, -0.2) is 4.39 Å². The predicted molar refractivity (Wildman–Crippen MR) is 123 cm³/mol. The molecule has 0 aromatic heterocycles. The van der Waals surface area contributed by atoms with Crippen molar-refractivity contribution in [1.29, 1.82) is 0 Å². The van der Waals surface area contributed by atoms with Gasteiger partial charge in [-0.2, -0.15) is 0 Å². The summed E-state index contributed by atoms with van der Waals surface area (Å²) >= 11 is 5.97. The van der Waals surface area contributed by atoms with E-state index in [9.17, 15) is 14.0 Å². The van der Waals surface area contributed by atoms with E-state index < -0.39 is 6.10 Å². The van der Waals surface area contributed by atoms with Crippen LogP contribution in [0, 0.1) is 5.82 Å². The van der Waals surface area contributed by atoms with Crippen LogP contribution in [0.3, 0.4) is 0 Å². The van der Waals surface area contributed by atoms with Gasteiger partial charge in [-0.15, -0.1) is 0 Å². The zero-order chi connectivity index (χ0) is 22.7. The molecular weight excluding hydrogens is 431 g/mol. The quantitative estimate of drug-likeness (QED) is 0.526. The molecule has 5 nitrogen and oxygen atoms in total. The van der Waals surface area contributed by atoms with E-state index in [0.29, 0.717) is 34.3 Å². The Hall–Kier alpha value is -3.64. The summed E-state index contributed by atoms with van der Waals surface area (Å²) in [6.07, 6.45) is 2.34. The van der Waals surface area contributed by atoms with Crippen LogP contribution in [-0.2, 0) is 16.1 Å². The summed E-state index contributed by atoms with van der Waals surface area (Å²) in [5.74, 6) is -0.303. The molecule has 0 saturated heterocycles. The fourth-order valence-electron chi connectivity index (χ4n) is 3.35. The van der Waals surface area contributed by atoms with E-state index in [-0.39, 0.29) is 17.6 Å². The van der Waals surface area contributed by atoms with Crippen molar-refractivity contribution in [2.24, 2.45) is 0 Å². The lowest BCUT2D eigenvalue weighted by molar-refractivity contribution is -0.125. The normalized spacial score (nSPS) is 15.4. The summed E-state index contributed by atoms with van der Waals surface area (Å²) in [5.41, 5.74) is 2.71. The number of benzene rings is 3. The van der Waals surface area contributed by atoms with Gasteiger partial charge in [0, 0.05) is 16.8 Å². The molecule has 1 N–H and O–H groups in total. The van der Waals surface area contributed by atoms with Crippen molar-refractivity contribution >= 4 is 40.9 Å². The Balaban J connectivity index is 1.54. The first kappa shape index (κ1) is 21.6. The first-order valence-corrected chi connectivity index (χ1v) is 10.4. The number of carbonyl (C=O) groups is 2. The number of nitrogens with zero attached hydrogens (tertiary/aromatic N) is 1. The highest BCUT2D eigenvalue weighted by atomic mass is 35.5. The minimum Gasteiger partial charge on any atom is -0.479 e. The number of hydrogen-bond donors (Lipinski definition) is 1. The predicted octanol–water partition coefficient (Wildman–Crippen LogP) is 5.45. The van der Waals surface area contributed by atoms with Gasteiger partial charge in [0.05, 0.1) is 12.2 Å². The van der Waals surface area contributed by atoms with Crippen molar-refractivity contribution in [3.63, 3.8) is 0 Å². The topological polar surface area (TPSA) is 58.6 Å². The van der Waals surface area contributed by atoms with E-state index >= 15 is 0 Å². The van der Waals surface area contributed by atoms with Gasteiger partial charge in [-0.1, -0.05) is 35.9 Å². The molecule has 162 valence electrons. The highest BCUT2D eigenvalue weighted by Gasteiger charge is 2.31. The van der Waals surface area contributed by atoms with Crippen LogP contribution in [-0.4, -0.2) is 17.9 Å². The summed E-state index contributed by atoms with van der Waals surface area (Å²) in [4.78, 5) is 26.8. The number of anilines is 2. The molecule has 1 unspecified atom stereocenters. The Morgan fingerprint density at radius 2 is 1.84 bits per heavy atom. The summed E-state index contributed by atoms with van der Waals surface area (Å²) < 4.78 is 18.7. The highest BCUT2D eigenvalue weighted by molar-refractivity contribution is 6.30. The van der Waals surface area contributed by atoms with Crippen molar-refractivity contribution in [1.82, 2.24) is 0 Å². The van der Waals surface area contributed by atoms with Crippen LogP contribution in [0.25, 0.3) is 6.08 Å². The van der Waals surface area contributed by atoms with Crippen molar-refractivity contribution < 1.29 is 18.7 Å². The minimum absolute atomic E-state index is 0.174. The SMILES string of the molecule is CC1Oc2ccc(NC(=O)/C=C/c3ccc(F)cc3)cc2N(Cc2ccc(Cl)cc2)C1=O. The lowest BCUT2D eigenvalue weighted by Crippen LogP contribution is -2.44. The maximum atomic E-state index is 13.0. The molecule has 3 aromatic rings. The lowest BCUT2D eigenvalue weighted by atomic mass is 10.1. The second-order valence-corrected chi connectivity index (χ2v) is 7.80. The maximum Gasteiger partial charge on any atom is 0.268 e. The number of carbonyl (C=O) groups excluding carboxylic acids is 2. The van der Waals surface area contributed by atoms with Gasteiger partial charge < -0.3 is 15.0 Å². The number of halogens is 2. The third-order valence-electron chi connectivity index (χ3n) is 4.99. The number of fused-ring (bicyclic) bond motifs is 1. The van der Waals surface area contributed by atoms with Crippen molar-refractivity contribution in [2.45, 2.75) is 19.6 Å². The molecule has 2 amide bonds. The first-order valence-electron chi connectivity index (χ1n) is 10.0. The van der Waals surface area contributed by atoms with Crippen LogP contribution in [0.2, 0.25) is 5.02 Å². The standard InChI is InChI=1S/C25H20ClFN2O3/c1-16-25(31)29(15-18-2-7-19(26)8-3-18)22-14-21(11-12-23(22)32-16)28-24(30)13-6-17-4-9-20(27)10-5-17/h2-14,16H,15H2,1H3,(H,28,30)/b13-6+. The van der Waals surface area contributed by atoms with E-state index in [1.807, 2.05) is 12.1 Å². The highest BCUT2D eigenvalue weighted by Crippen LogP contribution is 2.37. The zero-order valence-corrected chi connectivity index (χ0v) is 18.0. The fourth-order valence-corrected chi connectivity index (χ4v) is 3.48. The molecule has 3 aromatic carbocycles. The zero-order valence-electron chi connectivity index (χ0n) is 17.2. The monoisotopic (exact) mass is 450 g/mol. The van der Waals surface area contributed by atoms with E-state index in [4.69, 9.17) is 16.3 Å². The molecule has 1 aliphatic heterocycles. The van der Waals surface area contributed by atoms with Crippen molar-refractivity contribution in [3.8, 4) is 5.75 Å². The molecule has 0 aliphatic carbocycles. The van der Waals surface area contributed by atoms with Gasteiger partial charge in [-0.05, 0) is 66.6 Å². The molecule has 32 heavy (non-hydrogen) atoms. The molecular formula is C25H20ClFN2O3. The van der Waals surface area contributed by atoms with Crippen LogP contribution in [0.5, 0.6) is 5.75 Å². The van der Waals surface area contributed by atoms with E-state index in [2.05, 4.69) is 5.32 Å². The molecule has 0 saturated carbocycles. The Bertz CT molecular complexity index is 1180. The van der Waals surface area contributed by atoms with Crippen molar-refractivity contribution in [2.75, 3.05) is 10.2 Å². The average Bonchev–Trinajstić information content (AvgIpc) is 2.78. The Kier molecular flexibility index (Phi) is 6.23. The number of hydrogen-bond acceptors (Lipinski definition) is 3. The molecule has 1 aliphatic rings. The van der Waals surface area contributed by atoms with E-state index in [0.717, 1.165) is 5.56 Å². The lowest BCUT2D eigenvalue weighted by Gasteiger charge is -2.33. The molecule has 1 heterocycles. The van der Waals surface area contributed by atoms with Gasteiger partial charge >= 0.3 is 0 Å². The fraction of sp³-hybridized carbons (Fsp3) is 0.120. The summed E-state index contributed by atoms with van der Waals surface area (Å²) in [6, 6.07) is 18.2. The molecule has 7 heteroatoms. The number of ether oxygens (including phenoxy) is 1. The number of amides is 2. The van der Waals surface area contributed by atoms with Crippen LogP contribution in [0.1, 0.15) is 18.1 Å². The van der Waals surface area contributed by atoms with E-state index in [1.54, 1.807) is 60.4 Å². The number of rotatable bonds is 5. The Morgan fingerprint density at radius 1 is 1.12 bits per heavy atom. The first-order chi connectivity index (χ1) is 15.4. The molecule has 0 bridgehead atoms. The van der Waals surface area contributed by atoms with Crippen LogP contribution in [0.15, 0.2) is 72.8 Å². The Labute approximate surface area is 190 Å². The largest absolute Gasteiger partial charge is 0.479 e. The molecule has 0 fully saturated rings.